The van der Waals surface area contributed by atoms with Crippen molar-refractivity contribution in [3.8, 4) is 0 Å². The number of nitrogens with one attached hydrogen (secondary N) is 2. The maximum absolute atomic E-state index is 12.6. The molecule has 5 heteroatoms. The van der Waals surface area contributed by atoms with Crippen LogP contribution in [0.4, 0.5) is 4.79 Å². The van der Waals surface area contributed by atoms with Crippen molar-refractivity contribution in [1.29, 1.82) is 0 Å². The summed E-state index contributed by atoms with van der Waals surface area (Å²) >= 11 is 0. The molecule has 124 valence electrons. The second-order valence-electron chi connectivity index (χ2n) is 6.40. The highest BCUT2D eigenvalue weighted by atomic mass is 16.2. The Morgan fingerprint density at radius 2 is 1.96 bits per heavy atom. The topological polar surface area (TPSA) is 61.4 Å². The van der Waals surface area contributed by atoms with Gasteiger partial charge in [-0.05, 0) is 43.4 Å². The van der Waals surface area contributed by atoms with Crippen molar-refractivity contribution < 1.29 is 9.59 Å². The van der Waals surface area contributed by atoms with E-state index >= 15 is 0 Å². The molecule has 0 aliphatic carbocycles. The summed E-state index contributed by atoms with van der Waals surface area (Å²) in [5.74, 6) is -0.130. The predicted molar refractivity (Wildman–Crippen MR) is 89.1 cm³/mol. The van der Waals surface area contributed by atoms with E-state index in [0.29, 0.717) is 12.6 Å². The summed E-state index contributed by atoms with van der Waals surface area (Å²) in [5, 5.41) is 6.27. The third-order valence-electron chi connectivity index (χ3n) is 4.86. The van der Waals surface area contributed by atoms with E-state index in [2.05, 4.69) is 17.6 Å². The van der Waals surface area contributed by atoms with Crippen molar-refractivity contribution in [1.82, 2.24) is 15.5 Å². The SMILES string of the molecule is CCc1ccc(C2NC(=O)N(CCC3CCCCN3)C2=O)cc1. The summed E-state index contributed by atoms with van der Waals surface area (Å²) in [6.07, 6.45) is 5.37. The molecular formula is C18H25N3O2. The second kappa shape index (κ2) is 7.13. The summed E-state index contributed by atoms with van der Waals surface area (Å²) in [4.78, 5) is 26.1. The van der Waals surface area contributed by atoms with Crippen LogP contribution in [0.3, 0.4) is 0 Å². The predicted octanol–water partition coefficient (Wildman–Crippen LogP) is 2.37. The summed E-state index contributed by atoms with van der Waals surface area (Å²) in [5.41, 5.74) is 2.09. The van der Waals surface area contributed by atoms with Crippen LogP contribution in [-0.2, 0) is 11.2 Å². The highest BCUT2D eigenvalue weighted by Crippen LogP contribution is 2.23. The van der Waals surface area contributed by atoms with E-state index in [1.807, 2.05) is 24.3 Å². The Kier molecular flexibility index (Phi) is 4.96. The highest BCUT2D eigenvalue weighted by molar-refractivity contribution is 6.04. The molecule has 0 radical (unpaired) electrons. The van der Waals surface area contributed by atoms with E-state index in [4.69, 9.17) is 0 Å². The van der Waals surface area contributed by atoms with Gasteiger partial charge in [0, 0.05) is 12.6 Å². The lowest BCUT2D eigenvalue weighted by molar-refractivity contribution is -0.127. The molecule has 2 atom stereocenters. The van der Waals surface area contributed by atoms with Gasteiger partial charge < -0.3 is 10.6 Å². The summed E-state index contributed by atoms with van der Waals surface area (Å²) in [7, 11) is 0. The zero-order valence-corrected chi connectivity index (χ0v) is 13.7. The molecule has 1 aromatic rings. The van der Waals surface area contributed by atoms with Crippen LogP contribution in [0.1, 0.15) is 49.8 Å². The first kappa shape index (κ1) is 16.0. The fraction of sp³-hybridized carbons (Fsp3) is 0.556. The fourth-order valence-electron chi connectivity index (χ4n) is 3.36. The van der Waals surface area contributed by atoms with E-state index in [1.165, 1.54) is 23.3 Å². The maximum atomic E-state index is 12.6. The molecular weight excluding hydrogens is 290 g/mol. The molecule has 3 amide bonds. The summed E-state index contributed by atoms with van der Waals surface area (Å²) in [6, 6.07) is 7.53. The smallest absolute Gasteiger partial charge is 0.322 e. The number of amides is 3. The summed E-state index contributed by atoms with van der Waals surface area (Å²) in [6.45, 7) is 3.63. The monoisotopic (exact) mass is 315 g/mol. The molecule has 1 aromatic carbocycles. The molecule has 0 saturated carbocycles. The Balaban J connectivity index is 1.62. The third-order valence-corrected chi connectivity index (χ3v) is 4.86. The molecule has 2 fully saturated rings. The van der Waals surface area contributed by atoms with E-state index in [9.17, 15) is 9.59 Å². The fourth-order valence-corrected chi connectivity index (χ4v) is 3.36. The number of urea groups is 1. The number of hydrogen-bond acceptors (Lipinski definition) is 3. The van der Waals surface area contributed by atoms with E-state index in [-0.39, 0.29) is 11.9 Å². The molecule has 2 saturated heterocycles. The zero-order chi connectivity index (χ0) is 16.2. The van der Waals surface area contributed by atoms with Crippen LogP contribution in [0, 0.1) is 0 Å². The normalized spacial score (nSPS) is 24.8. The lowest BCUT2D eigenvalue weighted by Crippen LogP contribution is -2.39. The Hall–Kier alpha value is -1.88. The van der Waals surface area contributed by atoms with Crippen molar-refractivity contribution >= 4 is 11.9 Å². The first-order valence-electron chi connectivity index (χ1n) is 8.63. The second-order valence-corrected chi connectivity index (χ2v) is 6.40. The van der Waals surface area contributed by atoms with Gasteiger partial charge in [-0.1, -0.05) is 37.6 Å². The largest absolute Gasteiger partial charge is 0.325 e. The molecule has 2 aliphatic heterocycles. The molecule has 0 aromatic heterocycles. The van der Waals surface area contributed by atoms with Gasteiger partial charge in [-0.2, -0.15) is 0 Å². The standard InChI is InChI=1S/C18H25N3O2/c1-2-13-6-8-14(9-7-13)16-17(22)21(18(23)20-16)12-10-15-5-3-4-11-19-15/h6-9,15-16,19H,2-5,10-12H2,1H3,(H,20,23). The number of imide groups is 1. The van der Waals surface area contributed by atoms with Crippen LogP contribution in [0.2, 0.25) is 0 Å². The van der Waals surface area contributed by atoms with Gasteiger partial charge in [-0.3, -0.25) is 9.69 Å². The van der Waals surface area contributed by atoms with E-state index in [0.717, 1.165) is 31.4 Å². The number of aryl methyl sites for hydroxylation is 1. The Morgan fingerprint density at radius 1 is 1.17 bits per heavy atom. The van der Waals surface area contributed by atoms with Crippen molar-refractivity contribution in [3.05, 3.63) is 35.4 Å². The third kappa shape index (κ3) is 3.55. The number of carbonyl (C=O) groups is 2. The van der Waals surface area contributed by atoms with Gasteiger partial charge in [0.15, 0.2) is 0 Å². The van der Waals surface area contributed by atoms with Gasteiger partial charge in [0.2, 0.25) is 0 Å². The van der Waals surface area contributed by atoms with E-state index < -0.39 is 6.04 Å². The number of benzene rings is 1. The highest BCUT2D eigenvalue weighted by Gasteiger charge is 2.38. The van der Waals surface area contributed by atoms with Crippen molar-refractivity contribution in [2.75, 3.05) is 13.1 Å². The Labute approximate surface area is 137 Å². The van der Waals surface area contributed by atoms with Gasteiger partial charge in [0.25, 0.3) is 5.91 Å². The molecule has 5 nitrogen and oxygen atoms in total. The average molecular weight is 315 g/mol. The maximum Gasteiger partial charge on any atom is 0.325 e. The molecule has 2 N–H and O–H groups in total. The number of rotatable bonds is 5. The zero-order valence-electron chi connectivity index (χ0n) is 13.7. The molecule has 2 heterocycles. The van der Waals surface area contributed by atoms with Crippen LogP contribution in [-0.4, -0.2) is 36.0 Å². The average Bonchev–Trinajstić information content (AvgIpc) is 2.88. The first-order valence-corrected chi connectivity index (χ1v) is 8.63. The van der Waals surface area contributed by atoms with Crippen LogP contribution in [0.25, 0.3) is 0 Å². The minimum atomic E-state index is -0.535. The minimum Gasteiger partial charge on any atom is -0.322 e. The lowest BCUT2D eigenvalue weighted by Gasteiger charge is -2.24. The number of hydrogen-bond donors (Lipinski definition) is 2. The molecule has 0 spiro atoms. The molecule has 0 bridgehead atoms. The molecule has 2 aliphatic rings. The molecule has 23 heavy (non-hydrogen) atoms. The number of nitrogens with zero attached hydrogens (tertiary/aromatic N) is 1. The Bertz CT molecular complexity index is 564. The molecule has 2 unspecified atom stereocenters. The van der Waals surface area contributed by atoms with Gasteiger partial charge in [0.05, 0.1) is 0 Å². The lowest BCUT2D eigenvalue weighted by atomic mass is 10.0. The molecule has 3 rings (SSSR count). The first-order chi connectivity index (χ1) is 11.2. The van der Waals surface area contributed by atoms with Gasteiger partial charge >= 0.3 is 6.03 Å². The van der Waals surface area contributed by atoms with Crippen LogP contribution >= 0.6 is 0 Å². The van der Waals surface area contributed by atoms with Gasteiger partial charge in [0.1, 0.15) is 6.04 Å². The van der Waals surface area contributed by atoms with E-state index in [1.54, 1.807) is 0 Å². The van der Waals surface area contributed by atoms with Crippen molar-refractivity contribution in [2.24, 2.45) is 0 Å². The van der Waals surface area contributed by atoms with Gasteiger partial charge in [-0.25, -0.2) is 4.79 Å². The summed E-state index contributed by atoms with van der Waals surface area (Å²) < 4.78 is 0. The van der Waals surface area contributed by atoms with Crippen molar-refractivity contribution in [2.45, 2.75) is 51.1 Å². The van der Waals surface area contributed by atoms with Crippen LogP contribution in [0.15, 0.2) is 24.3 Å². The van der Waals surface area contributed by atoms with Gasteiger partial charge in [-0.15, -0.1) is 0 Å². The quantitative estimate of drug-likeness (QED) is 0.820. The Morgan fingerprint density at radius 3 is 2.61 bits per heavy atom. The number of carbonyl (C=O) groups excluding carboxylic acids is 2. The van der Waals surface area contributed by atoms with Crippen LogP contribution in [0.5, 0.6) is 0 Å². The number of piperidine rings is 1. The van der Waals surface area contributed by atoms with Crippen LogP contribution < -0.4 is 10.6 Å². The minimum absolute atomic E-state index is 0.130. The van der Waals surface area contributed by atoms with Crippen molar-refractivity contribution in [3.63, 3.8) is 0 Å².